The van der Waals surface area contributed by atoms with Crippen LogP contribution in [0.4, 0.5) is 8.78 Å². The van der Waals surface area contributed by atoms with Crippen molar-refractivity contribution in [1.82, 2.24) is 5.32 Å². The molecule has 2 rings (SSSR count). The average Bonchev–Trinajstić information content (AvgIpc) is 2.38. The Morgan fingerprint density at radius 2 is 1.74 bits per heavy atom. The van der Waals surface area contributed by atoms with E-state index in [9.17, 15) is 18.7 Å². The summed E-state index contributed by atoms with van der Waals surface area (Å²) in [6.45, 7) is -0.156. The quantitative estimate of drug-likeness (QED) is 0.885. The van der Waals surface area contributed by atoms with Crippen molar-refractivity contribution in [2.45, 2.75) is 37.6 Å². The molecule has 0 atom stereocenters. The molecule has 1 amide bonds. The molecular weight excluding hydrogens is 252 g/mol. The zero-order valence-electron chi connectivity index (χ0n) is 10.6. The summed E-state index contributed by atoms with van der Waals surface area (Å²) in [5.74, 6) is -2.12. The Labute approximate surface area is 110 Å². The van der Waals surface area contributed by atoms with Crippen molar-refractivity contribution in [3.8, 4) is 0 Å². The molecular formula is C14H17F2NO2. The van der Waals surface area contributed by atoms with Gasteiger partial charge in [-0.3, -0.25) is 4.79 Å². The molecule has 1 aromatic rings. The SMILES string of the molecule is O=C(NC1(CO)CCCCC1)c1cc(F)cc(F)c1. The fourth-order valence-electron chi connectivity index (χ4n) is 2.55. The molecule has 19 heavy (non-hydrogen) atoms. The normalized spacial score (nSPS) is 18.1. The van der Waals surface area contributed by atoms with Crippen LogP contribution < -0.4 is 5.32 Å². The molecule has 104 valence electrons. The van der Waals surface area contributed by atoms with Gasteiger partial charge < -0.3 is 10.4 Å². The van der Waals surface area contributed by atoms with E-state index in [0.717, 1.165) is 37.5 Å². The maximum atomic E-state index is 13.1. The van der Waals surface area contributed by atoms with Crippen LogP contribution >= 0.6 is 0 Å². The van der Waals surface area contributed by atoms with Gasteiger partial charge in [-0.25, -0.2) is 8.78 Å². The molecule has 0 unspecified atom stereocenters. The molecule has 0 heterocycles. The molecule has 0 aliphatic heterocycles. The summed E-state index contributed by atoms with van der Waals surface area (Å²) in [4.78, 5) is 12.0. The zero-order valence-corrected chi connectivity index (χ0v) is 10.6. The van der Waals surface area contributed by atoms with Gasteiger partial charge in [0, 0.05) is 11.6 Å². The number of aliphatic hydroxyl groups is 1. The number of nitrogens with one attached hydrogen (secondary N) is 1. The third-order valence-electron chi connectivity index (χ3n) is 3.62. The van der Waals surface area contributed by atoms with Gasteiger partial charge in [0.2, 0.25) is 0 Å². The average molecular weight is 269 g/mol. The fourth-order valence-corrected chi connectivity index (χ4v) is 2.55. The van der Waals surface area contributed by atoms with Gasteiger partial charge in [-0.2, -0.15) is 0 Å². The van der Waals surface area contributed by atoms with Crippen molar-refractivity contribution in [2.24, 2.45) is 0 Å². The molecule has 1 aromatic carbocycles. The lowest BCUT2D eigenvalue weighted by Crippen LogP contribution is -2.52. The smallest absolute Gasteiger partial charge is 0.251 e. The molecule has 0 spiro atoms. The van der Waals surface area contributed by atoms with Crippen molar-refractivity contribution in [3.05, 3.63) is 35.4 Å². The third kappa shape index (κ3) is 3.29. The second-order valence-corrected chi connectivity index (χ2v) is 5.11. The highest BCUT2D eigenvalue weighted by Gasteiger charge is 2.33. The second kappa shape index (κ2) is 5.65. The lowest BCUT2D eigenvalue weighted by Gasteiger charge is -2.36. The molecule has 0 saturated heterocycles. The first-order valence-electron chi connectivity index (χ1n) is 6.44. The molecule has 1 aliphatic carbocycles. The molecule has 1 aliphatic rings. The van der Waals surface area contributed by atoms with Gasteiger partial charge >= 0.3 is 0 Å². The lowest BCUT2D eigenvalue weighted by atomic mass is 9.82. The summed E-state index contributed by atoms with van der Waals surface area (Å²) >= 11 is 0. The number of hydrogen-bond donors (Lipinski definition) is 2. The second-order valence-electron chi connectivity index (χ2n) is 5.11. The Bertz CT molecular complexity index is 450. The van der Waals surface area contributed by atoms with Gasteiger partial charge in [0.25, 0.3) is 5.91 Å². The van der Waals surface area contributed by atoms with Gasteiger partial charge in [0.1, 0.15) is 11.6 Å². The number of halogens is 2. The van der Waals surface area contributed by atoms with Gasteiger partial charge in [-0.05, 0) is 25.0 Å². The molecule has 1 saturated carbocycles. The number of benzene rings is 1. The predicted octanol–water partition coefficient (Wildman–Crippen LogP) is 2.39. The maximum absolute atomic E-state index is 13.1. The predicted molar refractivity (Wildman–Crippen MR) is 66.7 cm³/mol. The Morgan fingerprint density at radius 3 is 2.26 bits per heavy atom. The first-order chi connectivity index (χ1) is 9.04. The number of hydrogen-bond acceptors (Lipinski definition) is 2. The van der Waals surface area contributed by atoms with Crippen LogP contribution in [0.15, 0.2) is 18.2 Å². The molecule has 0 radical (unpaired) electrons. The van der Waals surface area contributed by atoms with E-state index in [1.807, 2.05) is 0 Å². The van der Waals surface area contributed by atoms with E-state index in [4.69, 9.17) is 0 Å². The summed E-state index contributed by atoms with van der Waals surface area (Å²) in [6.07, 6.45) is 4.31. The first kappa shape index (κ1) is 13.9. The van der Waals surface area contributed by atoms with E-state index >= 15 is 0 Å². The van der Waals surface area contributed by atoms with Crippen LogP contribution in [-0.2, 0) is 0 Å². The van der Waals surface area contributed by atoms with Crippen LogP contribution in [0.25, 0.3) is 0 Å². The highest BCUT2D eigenvalue weighted by Crippen LogP contribution is 2.28. The first-order valence-corrected chi connectivity index (χ1v) is 6.44. The van der Waals surface area contributed by atoms with Crippen LogP contribution in [0.5, 0.6) is 0 Å². The Kier molecular flexibility index (Phi) is 4.14. The fraction of sp³-hybridized carbons (Fsp3) is 0.500. The number of carbonyl (C=O) groups is 1. The van der Waals surface area contributed by atoms with E-state index in [1.165, 1.54) is 0 Å². The molecule has 0 aromatic heterocycles. The number of rotatable bonds is 3. The summed E-state index contributed by atoms with van der Waals surface area (Å²) in [7, 11) is 0. The van der Waals surface area contributed by atoms with E-state index < -0.39 is 23.1 Å². The Hall–Kier alpha value is -1.49. The summed E-state index contributed by atoms with van der Waals surface area (Å²) in [6, 6.07) is 2.71. The minimum atomic E-state index is -0.785. The summed E-state index contributed by atoms with van der Waals surface area (Å²) in [5.41, 5.74) is -0.714. The zero-order chi connectivity index (χ0) is 13.9. The third-order valence-corrected chi connectivity index (χ3v) is 3.62. The van der Waals surface area contributed by atoms with Gasteiger partial charge in [-0.15, -0.1) is 0 Å². The van der Waals surface area contributed by atoms with Crippen molar-refractivity contribution in [3.63, 3.8) is 0 Å². The molecule has 5 heteroatoms. The van der Waals surface area contributed by atoms with Crippen LogP contribution in [0.3, 0.4) is 0 Å². The maximum Gasteiger partial charge on any atom is 0.251 e. The molecule has 1 fully saturated rings. The lowest BCUT2D eigenvalue weighted by molar-refractivity contribution is 0.0758. The Balaban J connectivity index is 2.15. The minimum Gasteiger partial charge on any atom is -0.394 e. The molecule has 3 nitrogen and oxygen atoms in total. The number of amides is 1. The topological polar surface area (TPSA) is 49.3 Å². The van der Waals surface area contributed by atoms with Gasteiger partial charge in [0.05, 0.1) is 12.1 Å². The highest BCUT2D eigenvalue weighted by molar-refractivity contribution is 5.94. The van der Waals surface area contributed by atoms with E-state index in [2.05, 4.69) is 5.32 Å². The number of aliphatic hydroxyl groups excluding tert-OH is 1. The van der Waals surface area contributed by atoms with Crippen LogP contribution in [0, 0.1) is 11.6 Å². The van der Waals surface area contributed by atoms with Crippen molar-refractivity contribution >= 4 is 5.91 Å². The Morgan fingerprint density at radius 1 is 1.16 bits per heavy atom. The van der Waals surface area contributed by atoms with Crippen LogP contribution in [0.2, 0.25) is 0 Å². The van der Waals surface area contributed by atoms with Crippen LogP contribution in [-0.4, -0.2) is 23.2 Å². The molecule has 2 N–H and O–H groups in total. The van der Waals surface area contributed by atoms with Crippen LogP contribution in [0.1, 0.15) is 42.5 Å². The largest absolute Gasteiger partial charge is 0.394 e. The van der Waals surface area contributed by atoms with Crippen molar-refractivity contribution in [1.29, 1.82) is 0 Å². The summed E-state index contributed by atoms with van der Waals surface area (Å²) < 4.78 is 26.1. The van der Waals surface area contributed by atoms with Gasteiger partial charge in [0.15, 0.2) is 0 Å². The minimum absolute atomic E-state index is 0.0594. The van der Waals surface area contributed by atoms with Crippen molar-refractivity contribution in [2.75, 3.05) is 6.61 Å². The van der Waals surface area contributed by atoms with E-state index in [0.29, 0.717) is 12.8 Å². The van der Waals surface area contributed by atoms with Crippen molar-refractivity contribution < 1.29 is 18.7 Å². The monoisotopic (exact) mass is 269 g/mol. The highest BCUT2D eigenvalue weighted by atomic mass is 19.1. The van der Waals surface area contributed by atoms with E-state index in [-0.39, 0.29) is 12.2 Å². The summed E-state index contributed by atoms with van der Waals surface area (Å²) in [5, 5.41) is 12.2. The number of carbonyl (C=O) groups excluding carboxylic acids is 1. The van der Waals surface area contributed by atoms with Gasteiger partial charge in [-0.1, -0.05) is 19.3 Å². The molecule has 0 bridgehead atoms. The standard InChI is InChI=1S/C14H17F2NO2/c15-11-6-10(7-12(16)8-11)13(19)17-14(9-18)4-2-1-3-5-14/h6-8,18H,1-5,9H2,(H,17,19). The van der Waals surface area contributed by atoms with E-state index in [1.54, 1.807) is 0 Å².